The fourth-order valence-corrected chi connectivity index (χ4v) is 3.07. The van der Waals surface area contributed by atoms with E-state index in [2.05, 4.69) is 27.1 Å². The molecule has 1 N–H and O–H groups in total. The van der Waals surface area contributed by atoms with Crippen LogP contribution in [0.4, 0.5) is 0 Å². The van der Waals surface area contributed by atoms with Crippen molar-refractivity contribution in [3.63, 3.8) is 0 Å². The molecule has 3 aromatic rings. The molecule has 0 spiro atoms. The smallest absolute Gasteiger partial charge is 0.0925 e. The maximum Gasteiger partial charge on any atom is 0.0925 e. The summed E-state index contributed by atoms with van der Waals surface area (Å²) in [5.74, 6) is 0. The van der Waals surface area contributed by atoms with E-state index < -0.39 is 5.60 Å². The molecule has 0 aliphatic rings. The number of benzene rings is 2. The largest absolute Gasteiger partial charge is 0.385 e. The van der Waals surface area contributed by atoms with Crippen LogP contribution in [-0.2, 0) is 19.1 Å². The third-order valence-corrected chi connectivity index (χ3v) is 4.29. The first-order chi connectivity index (χ1) is 9.97. The van der Waals surface area contributed by atoms with Gasteiger partial charge in [0.15, 0.2) is 0 Å². The summed E-state index contributed by atoms with van der Waals surface area (Å²) < 4.78 is 2.83. The second-order valence-corrected chi connectivity index (χ2v) is 6.46. The van der Waals surface area contributed by atoms with E-state index in [-0.39, 0.29) is 0 Å². The minimum Gasteiger partial charge on any atom is -0.385 e. The third kappa shape index (κ3) is 2.74. The van der Waals surface area contributed by atoms with Crippen molar-refractivity contribution in [2.45, 2.75) is 18.9 Å². The Labute approximate surface area is 132 Å². The van der Waals surface area contributed by atoms with Crippen LogP contribution in [-0.4, -0.2) is 14.9 Å². The van der Waals surface area contributed by atoms with Crippen LogP contribution >= 0.6 is 15.9 Å². The minimum atomic E-state index is -0.957. The molecule has 108 valence electrons. The Kier molecular flexibility index (Phi) is 3.59. The van der Waals surface area contributed by atoms with Gasteiger partial charge >= 0.3 is 0 Å². The lowest BCUT2D eigenvalue weighted by atomic mass is 9.90. The van der Waals surface area contributed by atoms with Gasteiger partial charge in [0.2, 0.25) is 0 Å². The first-order valence-corrected chi connectivity index (χ1v) is 7.66. The average molecular weight is 345 g/mol. The molecule has 0 bridgehead atoms. The number of hydrogen-bond acceptors (Lipinski definition) is 2. The summed E-state index contributed by atoms with van der Waals surface area (Å²) in [6, 6.07) is 15.9. The average Bonchev–Trinajstić information content (AvgIpc) is 2.75. The number of nitrogens with zero attached hydrogens (tertiary/aromatic N) is 2. The maximum absolute atomic E-state index is 10.9. The fourth-order valence-electron chi connectivity index (χ4n) is 2.67. The van der Waals surface area contributed by atoms with E-state index in [1.165, 1.54) is 0 Å². The Bertz CT molecular complexity index is 792. The molecule has 0 aliphatic heterocycles. The molecule has 3 rings (SSSR count). The van der Waals surface area contributed by atoms with Gasteiger partial charge in [0.05, 0.1) is 16.8 Å². The quantitative estimate of drug-likeness (QED) is 0.784. The third-order valence-electron chi connectivity index (χ3n) is 3.79. The first kappa shape index (κ1) is 14.3. The fraction of sp³-hybridized carbons (Fsp3) is 0.235. The normalized spacial score (nSPS) is 14.3. The van der Waals surface area contributed by atoms with Gasteiger partial charge in [-0.1, -0.05) is 46.3 Å². The highest BCUT2D eigenvalue weighted by atomic mass is 79.9. The summed E-state index contributed by atoms with van der Waals surface area (Å²) in [4.78, 5) is 0. The predicted molar refractivity (Wildman–Crippen MR) is 88.1 cm³/mol. The van der Waals surface area contributed by atoms with Crippen molar-refractivity contribution in [3.8, 4) is 0 Å². The lowest BCUT2D eigenvalue weighted by Crippen LogP contribution is -2.24. The molecule has 0 amide bonds. The number of para-hydroxylation sites is 1. The number of fused-ring (bicyclic) bond motifs is 1. The zero-order valence-corrected chi connectivity index (χ0v) is 13.6. The Morgan fingerprint density at radius 1 is 1.19 bits per heavy atom. The second-order valence-electron chi connectivity index (χ2n) is 5.55. The number of halogens is 1. The van der Waals surface area contributed by atoms with Gasteiger partial charge in [0.25, 0.3) is 0 Å². The van der Waals surface area contributed by atoms with Gasteiger partial charge in [0, 0.05) is 23.3 Å². The van der Waals surface area contributed by atoms with Gasteiger partial charge in [-0.2, -0.15) is 5.10 Å². The van der Waals surface area contributed by atoms with E-state index in [9.17, 15) is 5.11 Å². The molecule has 0 saturated heterocycles. The summed E-state index contributed by atoms with van der Waals surface area (Å²) in [5, 5.41) is 16.5. The number of aliphatic hydroxyl groups is 1. The Balaban J connectivity index is 2.01. The van der Waals surface area contributed by atoms with Crippen molar-refractivity contribution in [2.75, 3.05) is 0 Å². The van der Waals surface area contributed by atoms with E-state index in [0.717, 1.165) is 26.6 Å². The first-order valence-electron chi connectivity index (χ1n) is 6.86. The standard InChI is InChI=1S/C17H17BrN2O/c1-17(21,12-6-5-7-13(18)10-12)11-15-14-8-3-4-9-16(14)20(2)19-15/h3-10,21H,11H2,1-2H3. The van der Waals surface area contributed by atoms with Crippen molar-refractivity contribution < 1.29 is 5.11 Å². The predicted octanol–water partition coefficient (Wildman–Crippen LogP) is 3.79. The van der Waals surface area contributed by atoms with Gasteiger partial charge in [-0.05, 0) is 30.7 Å². The molecule has 4 heteroatoms. The number of hydrogen-bond donors (Lipinski definition) is 1. The molecule has 0 saturated carbocycles. The molecule has 1 atom stereocenters. The topological polar surface area (TPSA) is 38.0 Å². The molecular formula is C17H17BrN2O. The zero-order chi connectivity index (χ0) is 15.0. The van der Waals surface area contributed by atoms with E-state index in [1.54, 1.807) is 0 Å². The van der Waals surface area contributed by atoms with Crippen LogP contribution < -0.4 is 0 Å². The Morgan fingerprint density at radius 2 is 1.95 bits per heavy atom. The van der Waals surface area contributed by atoms with Crippen LogP contribution in [0.25, 0.3) is 10.9 Å². The number of aromatic nitrogens is 2. The molecular weight excluding hydrogens is 328 g/mol. The molecule has 1 unspecified atom stereocenters. The SMILES string of the molecule is Cn1nc(CC(C)(O)c2cccc(Br)c2)c2ccccc21. The van der Waals surface area contributed by atoms with Crippen LogP contribution in [0.15, 0.2) is 53.0 Å². The van der Waals surface area contributed by atoms with Crippen molar-refractivity contribution in [2.24, 2.45) is 7.05 Å². The molecule has 2 aromatic carbocycles. The lowest BCUT2D eigenvalue weighted by molar-refractivity contribution is 0.0567. The molecule has 1 heterocycles. The van der Waals surface area contributed by atoms with Gasteiger partial charge < -0.3 is 5.11 Å². The molecule has 0 fully saturated rings. The van der Waals surface area contributed by atoms with Gasteiger partial charge in [-0.15, -0.1) is 0 Å². The number of aryl methyl sites for hydroxylation is 1. The van der Waals surface area contributed by atoms with Gasteiger partial charge in [-0.25, -0.2) is 0 Å². The summed E-state index contributed by atoms with van der Waals surface area (Å²) in [6.45, 7) is 1.83. The summed E-state index contributed by atoms with van der Waals surface area (Å²) in [6.07, 6.45) is 0.477. The van der Waals surface area contributed by atoms with E-state index in [1.807, 2.05) is 61.1 Å². The van der Waals surface area contributed by atoms with Crippen molar-refractivity contribution in [1.29, 1.82) is 0 Å². The van der Waals surface area contributed by atoms with E-state index in [0.29, 0.717) is 6.42 Å². The molecule has 0 radical (unpaired) electrons. The Hall–Kier alpha value is -1.65. The molecule has 21 heavy (non-hydrogen) atoms. The van der Waals surface area contributed by atoms with Crippen LogP contribution in [0.3, 0.4) is 0 Å². The molecule has 0 aliphatic carbocycles. The van der Waals surface area contributed by atoms with Gasteiger partial charge in [0.1, 0.15) is 0 Å². The van der Waals surface area contributed by atoms with Crippen molar-refractivity contribution in [1.82, 2.24) is 9.78 Å². The highest BCUT2D eigenvalue weighted by Gasteiger charge is 2.26. The number of rotatable bonds is 3. The Morgan fingerprint density at radius 3 is 2.71 bits per heavy atom. The summed E-state index contributed by atoms with van der Waals surface area (Å²) >= 11 is 3.45. The highest BCUT2D eigenvalue weighted by molar-refractivity contribution is 9.10. The molecule has 3 nitrogen and oxygen atoms in total. The monoisotopic (exact) mass is 344 g/mol. The highest BCUT2D eigenvalue weighted by Crippen LogP contribution is 2.29. The van der Waals surface area contributed by atoms with Crippen LogP contribution in [0.5, 0.6) is 0 Å². The molecule has 1 aromatic heterocycles. The van der Waals surface area contributed by atoms with Crippen LogP contribution in [0, 0.1) is 0 Å². The van der Waals surface area contributed by atoms with E-state index >= 15 is 0 Å². The van der Waals surface area contributed by atoms with Gasteiger partial charge in [-0.3, -0.25) is 4.68 Å². The minimum absolute atomic E-state index is 0.477. The maximum atomic E-state index is 10.9. The van der Waals surface area contributed by atoms with E-state index in [4.69, 9.17) is 0 Å². The zero-order valence-electron chi connectivity index (χ0n) is 12.0. The van der Waals surface area contributed by atoms with Crippen molar-refractivity contribution in [3.05, 3.63) is 64.3 Å². The second kappa shape index (κ2) is 5.28. The summed E-state index contributed by atoms with van der Waals surface area (Å²) in [5.41, 5.74) is 1.92. The summed E-state index contributed by atoms with van der Waals surface area (Å²) in [7, 11) is 1.93. The van der Waals surface area contributed by atoms with Crippen LogP contribution in [0.2, 0.25) is 0 Å². The van der Waals surface area contributed by atoms with Crippen molar-refractivity contribution >= 4 is 26.8 Å². The van der Waals surface area contributed by atoms with Crippen LogP contribution in [0.1, 0.15) is 18.2 Å². The lowest BCUT2D eigenvalue weighted by Gasteiger charge is -2.23.